The highest BCUT2D eigenvalue weighted by Crippen LogP contribution is 2.36. The van der Waals surface area contributed by atoms with Crippen LogP contribution in [0.4, 0.5) is 18.9 Å². The lowest BCUT2D eigenvalue weighted by atomic mass is 10.2. The van der Waals surface area contributed by atoms with Gasteiger partial charge in [-0.2, -0.15) is 13.2 Å². The summed E-state index contributed by atoms with van der Waals surface area (Å²) >= 11 is 6.93. The Balaban J connectivity index is 1.90. The van der Waals surface area contributed by atoms with Gasteiger partial charge in [-0.05, 0) is 29.6 Å². The van der Waals surface area contributed by atoms with Gasteiger partial charge in [-0.25, -0.2) is 0 Å². The second-order valence-corrected chi connectivity index (χ2v) is 5.65. The molecule has 0 fully saturated rings. The zero-order chi connectivity index (χ0) is 16.9. The van der Waals surface area contributed by atoms with Crippen LogP contribution in [0.25, 0.3) is 0 Å². The van der Waals surface area contributed by atoms with E-state index in [4.69, 9.17) is 16.4 Å². The molecule has 0 atom stereocenters. The average molecular weight is 363 g/mol. The van der Waals surface area contributed by atoms with Gasteiger partial charge in [-0.1, -0.05) is 22.8 Å². The number of anilines is 1. The molecule has 0 aliphatic carbocycles. The third-order valence-electron chi connectivity index (χ3n) is 2.55. The molecule has 122 valence electrons. The molecule has 0 aliphatic rings. The first kappa shape index (κ1) is 17.3. The van der Waals surface area contributed by atoms with Crippen LogP contribution >= 0.6 is 22.9 Å². The van der Waals surface area contributed by atoms with Crippen molar-refractivity contribution >= 4 is 40.7 Å². The molecular formula is C14H10ClF3N2O2S. The molecular weight excluding hydrogens is 353 g/mol. The number of nitrogens with zero attached hydrogens (tertiary/aromatic N) is 1. The number of benzene rings is 1. The molecule has 2 rings (SSSR count). The number of rotatable bonds is 5. The lowest BCUT2D eigenvalue weighted by Crippen LogP contribution is -2.17. The van der Waals surface area contributed by atoms with Gasteiger partial charge in [-0.3, -0.25) is 4.79 Å². The number of halogens is 4. The molecule has 0 bridgehead atoms. The first-order chi connectivity index (χ1) is 10.9. The predicted molar refractivity (Wildman–Crippen MR) is 82.9 cm³/mol. The fraction of sp³-hybridized carbons (Fsp3) is 0.143. The molecule has 1 N–H and O–H groups in total. The Bertz CT molecular complexity index is 703. The number of hydrogen-bond donors (Lipinski definition) is 1. The second-order valence-electron chi connectivity index (χ2n) is 4.26. The smallest absolute Gasteiger partial charge is 0.386 e. The van der Waals surface area contributed by atoms with Gasteiger partial charge >= 0.3 is 6.18 Å². The molecule has 1 aromatic heterocycles. The van der Waals surface area contributed by atoms with Crippen molar-refractivity contribution in [2.45, 2.75) is 6.18 Å². The van der Waals surface area contributed by atoms with Crippen LogP contribution in [-0.2, 0) is 15.8 Å². The number of carbonyl (C=O) groups is 1. The van der Waals surface area contributed by atoms with E-state index in [9.17, 15) is 18.0 Å². The minimum absolute atomic E-state index is 0.0300. The van der Waals surface area contributed by atoms with E-state index in [1.54, 1.807) is 0 Å². The zero-order valence-corrected chi connectivity index (χ0v) is 13.0. The van der Waals surface area contributed by atoms with Crippen molar-refractivity contribution in [3.05, 3.63) is 51.2 Å². The highest BCUT2D eigenvalue weighted by Gasteiger charge is 2.33. The Hall–Kier alpha value is -2.06. The topological polar surface area (TPSA) is 50.7 Å². The van der Waals surface area contributed by atoms with Crippen molar-refractivity contribution in [3.8, 4) is 0 Å². The van der Waals surface area contributed by atoms with Gasteiger partial charge in [0.05, 0.1) is 16.8 Å². The Labute approximate surface area is 138 Å². The molecule has 0 saturated heterocycles. The minimum atomic E-state index is -4.60. The van der Waals surface area contributed by atoms with Gasteiger partial charge < -0.3 is 10.2 Å². The third kappa shape index (κ3) is 5.26. The van der Waals surface area contributed by atoms with Crippen LogP contribution in [0.2, 0.25) is 5.02 Å². The summed E-state index contributed by atoms with van der Waals surface area (Å²) in [7, 11) is 0. The predicted octanol–water partition coefficient (Wildman–Crippen LogP) is 4.41. The number of thiophene rings is 1. The van der Waals surface area contributed by atoms with Crippen molar-refractivity contribution in [2.24, 2.45) is 5.16 Å². The largest absolute Gasteiger partial charge is 0.417 e. The summed E-state index contributed by atoms with van der Waals surface area (Å²) in [6, 6.07) is 6.73. The molecule has 0 unspecified atom stereocenters. The van der Waals surface area contributed by atoms with Crippen LogP contribution < -0.4 is 5.32 Å². The molecule has 0 aliphatic heterocycles. The van der Waals surface area contributed by atoms with Gasteiger partial charge in [0.25, 0.3) is 5.91 Å². The number of nitrogens with one attached hydrogen (secondary N) is 1. The van der Waals surface area contributed by atoms with E-state index in [-0.39, 0.29) is 5.69 Å². The maximum Gasteiger partial charge on any atom is 0.417 e. The molecule has 1 aromatic carbocycles. The summed E-state index contributed by atoms with van der Waals surface area (Å²) in [5.74, 6) is -0.635. The number of amides is 1. The van der Waals surface area contributed by atoms with Gasteiger partial charge in [0.2, 0.25) is 0 Å². The van der Waals surface area contributed by atoms with Crippen LogP contribution in [0.15, 0.2) is 40.9 Å². The number of alkyl halides is 3. The average Bonchev–Trinajstić information content (AvgIpc) is 2.98. The van der Waals surface area contributed by atoms with Crippen LogP contribution in [0, 0.1) is 0 Å². The lowest BCUT2D eigenvalue weighted by Gasteiger charge is -2.11. The molecule has 0 radical (unpaired) electrons. The fourth-order valence-electron chi connectivity index (χ4n) is 1.57. The fourth-order valence-corrected chi connectivity index (χ4v) is 2.37. The molecule has 0 saturated carbocycles. The first-order valence-electron chi connectivity index (χ1n) is 6.21. The van der Waals surface area contributed by atoms with Crippen molar-refractivity contribution in [2.75, 3.05) is 11.9 Å². The Morgan fingerprint density at radius 3 is 2.83 bits per heavy atom. The Morgan fingerprint density at radius 2 is 2.17 bits per heavy atom. The van der Waals surface area contributed by atoms with Crippen LogP contribution in [0.5, 0.6) is 0 Å². The SMILES string of the molecule is O=C(CO/N=C/c1cccs1)Nc1ccc(Cl)c(C(F)(F)F)c1. The zero-order valence-electron chi connectivity index (χ0n) is 11.4. The molecule has 1 amide bonds. The summed E-state index contributed by atoms with van der Waals surface area (Å²) in [5.41, 5.74) is -1.05. The second kappa shape index (κ2) is 7.47. The number of carbonyl (C=O) groups excluding carboxylic acids is 1. The number of hydrogen-bond acceptors (Lipinski definition) is 4. The van der Waals surface area contributed by atoms with E-state index in [2.05, 4.69) is 10.5 Å². The summed E-state index contributed by atoms with van der Waals surface area (Å²) in [4.78, 5) is 17.2. The quantitative estimate of drug-likeness (QED) is 0.632. The van der Waals surface area contributed by atoms with E-state index in [0.717, 1.165) is 17.0 Å². The van der Waals surface area contributed by atoms with Gasteiger partial charge in [0.15, 0.2) is 6.61 Å². The maximum atomic E-state index is 12.7. The van der Waals surface area contributed by atoms with Gasteiger partial charge in [-0.15, -0.1) is 11.3 Å². The Morgan fingerprint density at radius 1 is 1.39 bits per heavy atom. The number of oxime groups is 1. The lowest BCUT2D eigenvalue weighted by molar-refractivity contribution is -0.137. The van der Waals surface area contributed by atoms with Gasteiger partial charge in [0.1, 0.15) is 0 Å². The van der Waals surface area contributed by atoms with E-state index in [0.29, 0.717) is 0 Å². The van der Waals surface area contributed by atoms with Crippen molar-refractivity contribution in [3.63, 3.8) is 0 Å². The molecule has 2 aromatic rings. The third-order valence-corrected chi connectivity index (χ3v) is 3.69. The molecule has 4 nitrogen and oxygen atoms in total. The summed E-state index contributed by atoms with van der Waals surface area (Å²) < 4.78 is 38.1. The monoisotopic (exact) mass is 362 g/mol. The Kier molecular flexibility index (Phi) is 5.62. The van der Waals surface area contributed by atoms with Crippen molar-refractivity contribution in [1.29, 1.82) is 0 Å². The van der Waals surface area contributed by atoms with E-state index < -0.39 is 29.3 Å². The normalized spacial score (nSPS) is 11.7. The van der Waals surface area contributed by atoms with Crippen LogP contribution in [-0.4, -0.2) is 18.7 Å². The molecule has 23 heavy (non-hydrogen) atoms. The molecule has 1 heterocycles. The standard InChI is InChI=1S/C14H10ClF3N2O2S/c15-12-4-3-9(6-11(12)14(16,17)18)20-13(21)8-22-19-7-10-2-1-5-23-10/h1-7H,8H2,(H,20,21)/b19-7+. The van der Waals surface area contributed by atoms with Crippen molar-refractivity contribution < 1.29 is 22.8 Å². The maximum absolute atomic E-state index is 12.7. The summed E-state index contributed by atoms with van der Waals surface area (Å²) in [6.07, 6.45) is -3.17. The van der Waals surface area contributed by atoms with E-state index >= 15 is 0 Å². The van der Waals surface area contributed by atoms with Crippen molar-refractivity contribution in [1.82, 2.24) is 0 Å². The summed E-state index contributed by atoms with van der Waals surface area (Å²) in [6.45, 7) is -0.425. The van der Waals surface area contributed by atoms with E-state index in [1.165, 1.54) is 23.6 Å². The van der Waals surface area contributed by atoms with Gasteiger partial charge in [0, 0.05) is 10.6 Å². The first-order valence-corrected chi connectivity index (χ1v) is 7.47. The highest BCUT2D eigenvalue weighted by molar-refractivity contribution is 7.11. The molecule has 9 heteroatoms. The van der Waals surface area contributed by atoms with Crippen LogP contribution in [0.3, 0.4) is 0 Å². The van der Waals surface area contributed by atoms with E-state index in [1.807, 2.05) is 17.5 Å². The van der Waals surface area contributed by atoms with Crippen LogP contribution in [0.1, 0.15) is 10.4 Å². The minimum Gasteiger partial charge on any atom is -0.386 e. The highest BCUT2D eigenvalue weighted by atomic mass is 35.5. The summed E-state index contributed by atoms with van der Waals surface area (Å²) in [5, 5.41) is 7.29. The molecule has 0 spiro atoms.